The van der Waals surface area contributed by atoms with Crippen molar-refractivity contribution in [2.45, 2.75) is 18.1 Å². The monoisotopic (exact) mass is 318 g/mol. The van der Waals surface area contributed by atoms with Crippen molar-refractivity contribution in [1.82, 2.24) is 4.98 Å². The summed E-state index contributed by atoms with van der Waals surface area (Å²) < 4.78 is 4.62. The van der Waals surface area contributed by atoms with Gasteiger partial charge in [0, 0.05) is 40.9 Å². The van der Waals surface area contributed by atoms with Gasteiger partial charge in [-0.1, -0.05) is 0 Å². The van der Waals surface area contributed by atoms with Crippen LogP contribution in [0.25, 0.3) is 0 Å². The van der Waals surface area contributed by atoms with Gasteiger partial charge in [0.25, 0.3) is 0 Å². The van der Waals surface area contributed by atoms with Gasteiger partial charge in [-0.25, -0.2) is 4.98 Å². The van der Waals surface area contributed by atoms with Gasteiger partial charge in [-0.15, -0.1) is 11.3 Å². The summed E-state index contributed by atoms with van der Waals surface area (Å²) in [6.07, 6.45) is 1.05. The van der Waals surface area contributed by atoms with Crippen LogP contribution in [0.1, 0.15) is 12.1 Å². The standard InChI is InChI=1S/C12H18N2O2S3/c1-16-11(15)3-2-9-7-19-12(14-9)13-6-10-8-17-4-5-18-10/h7,10H,2-6,8H2,1H3,(H,13,14). The van der Waals surface area contributed by atoms with Crippen molar-refractivity contribution in [1.29, 1.82) is 0 Å². The summed E-state index contributed by atoms with van der Waals surface area (Å²) in [4.78, 5) is 15.5. The lowest BCUT2D eigenvalue weighted by molar-refractivity contribution is -0.140. The normalized spacial score (nSPS) is 19.1. The van der Waals surface area contributed by atoms with Crippen molar-refractivity contribution < 1.29 is 9.53 Å². The highest BCUT2D eigenvalue weighted by Gasteiger charge is 2.14. The average Bonchev–Trinajstić information content (AvgIpc) is 2.91. The number of nitrogens with zero attached hydrogens (tertiary/aromatic N) is 1. The number of aromatic nitrogens is 1. The maximum atomic E-state index is 11.1. The van der Waals surface area contributed by atoms with E-state index in [1.165, 1.54) is 24.4 Å². The molecule has 2 rings (SSSR count). The predicted octanol–water partition coefficient (Wildman–Crippen LogP) is 2.51. The number of carbonyl (C=O) groups is 1. The topological polar surface area (TPSA) is 51.2 Å². The molecule has 1 aromatic rings. The Hall–Kier alpha value is -0.400. The Labute approximate surface area is 126 Å². The zero-order valence-corrected chi connectivity index (χ0v) is 13.3. The van der Waals surface area contributed by atoms with Crippen LogP contribution >= 0.6 is 34.9 Å². The number of esters is 1. The summed E-state index contributed by atoms with van der Waals surface area (Å²) in [5, 5.41) is 7.04. The molecule has 1 atom stereocenters. The molecule has 1 aromatic heterocycles. The molecule has 7 heteroatoms. The molecule has 106 valence electrons. The van der Waals surface area contributed by atoms with Crippen molar-refractivity contribution in [3.63, 3.8) is 0 Å². The third-order valence-corrected chi connectivity index (χ3v) is 6.42. The molecule has 0 radical (unpaired) electrons. The van der Waals surface area contributed by atoms with Crippen LogP contribution in [0, 0.1) is 0 Å². The van der Waals surface area contributed by atoms with Gasteiger partial charge >= 0.3 is 5.97 Å². The van der Waals surface area contributed by atoms with E-state index in [2.05, 4.69) is 15.0 Å². The molecule has 1 aliphatic rings. The van der Waals surface area contributed by atoms with Crippen molar-refractivity contribution in [3.8, 4) is 0 Å². The van der Waals surface area contributed by atoms with Gasteiger partial charge in [-0.2, -0.15) is 23.5 Å². The molecule has 0 saturated carbocycles. The number of ether oxygens (including phenoxy) is 1. The molecule has 0 aliphatic carbocycles. The Morgan fingerprint density at radius 2 is 2.47 bits per heavy atom. The van der Waals surface area contributed by atoms with E-state index in [9.17, 15) is 4.79 Å². The van der Waals surface area contributed by atoms with Crippen LogP contribution < -0.4 is 5.32 Å². The van der Waals surface area contributed by atoms with E-state index in [1.54, 1.807) is 11.3 Å². The fourth-order valence-electron chi connectivity index (χ4n) is 1.69. The van der Waals surface area contributed by atoms with Crippen molar-refractivity contribution >= 4 is 46.0 Å². The van der Waals surface area contributed by atoms with Gasteiger partial charge in [-0.3, -0.25) is 4.79 Å². The van der Waals surface area contributed by atoms with Crippen LogP contribution in [0.5, 0.6) is 0 Å². The van der Waals surface area contributed by atoms with Gasteiger partial charge in [0.2, 0.25) is 0 Å². The lowest BCUT2D eigenvalue weighted by atomic mass is 10.2. The van der Waals surface area contributed by atoms with E-state index in [1.807, 2.05) is 28.9 Å². The van der Waals surface area contributed by atoms with Crippen LogP contribution in [-0.4, -0.2) is 47.1 Å². The fourth-order valence-corrected chi connectivity index (χ4v) is 5.06. The molecule has 1 saturated heterocycles. The number of thiazole rings is 1. The van der Waals surface area contributed by atoms with Crippen molar-refractivity contribution in [2.75, 3.05) is 36.2 Å². The molecule has 1 N–H and O–H groups in total. The van der Waals surface area contributed by atoms with Gasteiger partial charge < -0.3 is 10.1 Å². The zero-order chi connectivity index (χ0) is 13.5. The van der Waals surface area contributed by atoms with E-state index in [0.29, 0.717) is 18.1 Å². The van der Waals surface area contributed by atoms with Gasteiger partial charge in [0.15, 0.2) is 5.13 Å². The summed E-state index contributed by atoms with van der Waals surface area (Å²) >= 11 is 5.67. The van der Waals surface area contributed by atoms with E-state index >= 15 is 0 Å². The summed E-state index contributed by atoms with van der Waals surface area (Å²) in [6.45, 7) is 0.974. The van der Waals surface area contributed by atoms with E-state index in [-0.39, 0.29) is 5.97 Å². The van der Waals surface area contributed by atoms with Gasteiger partial charge in [0.05, 0.1) is 19.2 Å². The number of carbonyl (C=O) groups excluding carboxylic acids is 1. The Kier molecular flexibility index (Phi) is 6.33. The van der Waals surface area contributed by atoms with Crippen molar-refractivity contribution in [2.24, 2.45) is 0 Å². The first-order chi connectivity index (χ1) is 9.28. The maximum absolute atomic E-state index is 11.1. The molecule has 0 aromatic carbocycles. The molecular formula is C12H18N2O2S3. The van der Waals surface area contributed by atoms with Crippen molar-refractivity contribution in [3.05, 3.63) is 11.1 Å². The van der Waals surface area contributed by atoms with Crippen LogP contribution in [0.2, 0.25) is 0 Å². The molecule has 0 amide bonds. The van der Waals surface area contributed by atoms with Crippen LogP contribution in [0.3, 0.4) is 0 Å². The molecule has 2 heterocycles. The third-order valence-electron chi connectivity index (χ3n) is 2.73. The average molecular weight is 318 g/mol. The number of methoxy groups -OCH3 is 1. The van der Waals surface area contributed by atoms with Crippen LogP contribution in [0.4, 0.5) is 5.13 Å². The molecule has 1 unspecified atom stereocenters. The second-order valence-corrected chi connectivity index (χ2v) is 7.58. The highest BCUT2D eigenvalue weighted by atomic mass is 32.2. The van der Waals surface area contributed by atoms with Crippen LogP contribution in [0.15, 0.2) is 5.38 Å². The summed E-state index contributed by atoms with van der Waals surface area (Å²) in [7, 11) is 1.41. The third kappa shape index (κ3) is 5.24. The number of nitrogens with one attached hydrogen (secondary N) is 1. The summed E-state index contributed by atoms with van der Waals surface area (Å²) in [5.74, 6) is 3.56. The minimum absolute atomic E-state index is 0.182. The Morgan fingerprint density at radius 1 is 1.58 bits per heavy atom. The first-order valence-electron chi connectivity index (χ1n) is 6.22. The quantitative estimate of drug-likeness (QED) is 0.813. The first-order valence-corrected chi connectivity index (χ1v) is 9.30. The smallest absolute Gasteiger partial charge is 0.305 e. The molecule has 1 aliphatic heterocycles. The largest absolute Gasteiger partial charge is 0.469 e. The zero-order valence-electron chi connectivity index (χ0n) is 10.9. The SMILES string of the molecule is COC(=O)CCc1csc(NCC2CSCCS2)n1. The van der Waals surface area contributed by atoms with Gasteiger partial charge in [0.1, 0.15) is 0 Å². The fraction of sp³-hybridized carbons (Fsp3) is 0.667. The molecular weight excluding hydrogens is 300 g/mol. The number of aryl methyl sites for hydroxylation is 1. The molecule has 0 spiro atoms. The molecule has 19 heavy (non-hydrogen) atoms. The lowest BCUT2D eigenvalue weighted by Gasteiger charge is -2.20. The molecule has 0 bridgehead atoms. The number of rotatable bonds is 6. The second-order valence-electron chi connectivity index (χ2n) is 4.17. The molecule has 4 nitrogen and oxygen atoms in total. The number of hydrogen-bond acceptors (Lipinski definition) is 7. The highest BCUT2D eigenvalue weighted by Crippen LogP contribution is 2.25. The number of thioether (sulfide) groups is 2. The highest BCUT2D eigenvalue weighted by molar-refractivity contribution is 8.06. The number of anilines is 1. The lowest BCUT2D eigenvalue weighted by Crippen LogP contribution is -2.23. The minimum Gasteiger partial charge on any atom is -0.469 e. The number of hydrogen-bond donors (Lipinski definition) is 1. The van der Waals surface area contributed by atoms with Gasteiger partial charge in [-0.05, 0) is 0 Å². The Balaban J connectivity index is 1.72. The second kappa shape index (κ2) is 8.01. The minimum atomic E-state index is -0.182. The molecule has 1 fully saturated rings. The van der Waals surface area contributed by atoms with E-state index in [0.717, 1.165) is 17.4 Å². The Bertz CT molecular complexity index is 405. The first kappa shape index (κ1) is 15.0. The summed E-state index contributed by atoms with van der Waals surface area (Å²) in [5.41, 5.74) is 0.962. The summed E-state index contributed by atoms with van der Waals surface area (Å²) in [6, 6.07) is 0. The maximum Gasteiger partial charge on any atom is 0.305 e. The van der Waals surface area contributed by atoms with Crippen LogP contribution in [-0.2, 0) is 16.0 Å². The predicted molar refractivity (Wildman–Crippen MR) is 84.5 cm³/mol. The Morgan fingerprint density at radius 3 is 3.21 bits per heavy atom. The van der Waals surface area contributed by atoms with E-state index in [4.69, 9.17) is 0 Å². The van der Waals surface area contributed by atoms with E-state index < -0.39 is 0 Å².